The number of alkyl halides is 2. The first-order chi connectivity index (χ1) is 9.80. The van der Waals surface area contributed by atoms with E-state index < -0.39 is 29.6 Å². The molecule has 0 aromatic carbocycles. The molecule has 4 nitrogen and oxygen atoms in total. The molecule has 1 saturated heterocycles. The van der Waals surface area contributed by atoms with Gasteiger partial charge in [0.2, 0.25) is 11.8 Å². The van der Waals surface area contributed by atoms with Gasteiger partial charge in [-0.05, 0) is 19.9 Å². The third-order valence-corrected chi connectivity index (χ3v) is 4.10. The van der Waals surface area contributed by atoms with E-state index in [0.717, 1.165) is 6.20 Å². The average Bonchev–Trinajstić information content (AvgIpc) is 2.77. The topological polar surface area (TPSA) is 42.4 Å². The van der Waals surface area contributed by atoms with Crippen LogP contribution in [0, 0.1) is 11.2 Å². The van der Waals surface area contributed by atoms with Crippen LogP contribution in [0.25, 0.3) is 0 Å². The molecule has 7 heteroatoms. The summed E-state index contributed by atoms with van der Waals surface area (Å²) in [6.45, 7) is 2.65. The van der Waals surface area contributed by atoms with Gasteiger partial charge in [0.1, 0.15) is 17.3 Å². The zero-order chi connectivity index (χ0) is 15.4. The summed E-state index contributed by atoms with van der Waals surface area (Å²) in [4.78, 5) is 17.7. The Labute approximate surface area is 119 Å². The molecule has 0 spiro atoms. The molecular formula is C14H15F3N2O2. The van der Waals surface area contributed by atoms with Gasteiger partial charge in [0.25, 0.3) is 6.43 Å². The third-order valence-electron chi connectivity index (χ3n) is 4.10. The van der Waals surface area contributed by atoms with Crippen LogP contribution < -0.4 is 4.74 Å². The van der Waals surface area contributed by atoms with Crippen molar-refractivity contribution in [2.24, 2.45) is 5.41 Å². The van der Waals surface area contributed by atoms with Gasteiger partial charge in [0, 0.05) is 12.0 Å². The van der Waals surface area contributed by atoms with Crippen molar-refractivity contribution in [1.82, 2.24) is 9.88 Å². The van der Waals surface area contributed by atoms with Crippen molar-refractivity contribution >= 4 is 5.91 Å². The number of hydrogen-bond donors (Lipinski definition) is 0. The summed E-state index contributed by atoms with van der Waals surface area (Å²) in [6, 6.07) is 0.803. The highest BCUT2D eigenvalue weighted by atomic mass is 19.3. The number of carbonyl (C=O) groups excluding carboxylic acids is 1. The number of pyridine rings is 1. The Kier molecular flexibility index (Phi) is 3.11. The molecule has 0 unspecified atom stereocenters. The van der Waals surface area contributed by atoms with Crippen molar-refractivity contribution in [3.05, 3.63) is 23.6 Å². The maximum absolute atomic E-state index is 13.4. The molecule has 0 aliphatic carbocycles. The number of hydrogen-bond acceptors (Lipinski definition) is 3. The van der Waals surface area contributed by atoms with E-state index in [9.17, 15) is 18.0 Å². The Hall–Kier alpha value is -1.79. The fraction of sp³-hybridized carbons (Fsp3) is 0.571. The lowest BCUT2D eigenvalue weighted by atomic mass is 9.91. The Bertz CT molecular complexity index is 592. The lowest BCUT2D eigenvalue weighted by molar-refractivity contribution is -0.149. The zero-order valence-corrected chi connectivity index (χ0v) is 11.6. The summed E-state index contributed by atoms with van der Waals surface area (Å²) in [5.74, 6) is -0.906. The van der Waals surface area contributed by atoms with E-state index in [2.05, 4.69) is 4.98 Å². The number of ether oxygens (including phenoxy) is 1. The predicted molar refractivity (Wildman–Crippen MR) is 67.5 cm³/mol. The Morgan fingerprint density at radius 3 is 2.90 bits per heavy atom. The second kappa shape index (κ2) is 4.61. The molecule has 0 N–H and O–H groups in total. The van der Waals surface area contributed by atoms with Crippen LogP contribution in [0.2, 0.25) is 0 Å². The lowest BCUT2D eigenvalue weighted by Gasteiger charge is -2.32. The lowest BCUT2D eigenvalue weighted by Crippen LogP contribution is -2.44. The average molecular weight is 300 g/mol. The number of amides is 1. The molecule has 1 amide bonds. The molecule has 1 fully saturated rings. The smallest absolute Gasteiger partial charge is 0.252 e. The largest absolute Gasteiger partial charge is 0.472 e. The SMILES string of the molecule is CC(C)(C(=O)N1C[C@@H]2C[C@H]1c1cc(F)cnc1O2)C(F)F. The third kappa shape index (κ3) is 2.15. The van der Waals surface area contributed by atoms with Crippen LogP contribution in [-0.4, -0.2) is 34.9 Å². The fourth-order valence-electron chi connectivity index (χ4n) is 2.80. The second-order valence-electron chi connectivity index (χ2n) is 6.02. The van der Waals surface area contributed by atoms with Gasteiger partial charge < -0.3 is 9.64 Å². The van der Waals surface area contributed by atoms with Gasteiger partial charge in [-0.3, -0.25) is 4.79 Å². The molecule has 1 aromatic rings. The molecule has 2 aliphatic rings. The Morgan fingerprint density at radius 2 is 2.24 bits per heavy atom. The summed E-state index contributed by atoms with van der Waals surface area (Å²) in [6.07, 6.45) is -1.53. The van der Waals surface area contributed by atoms with E-state index in [1.54, 1.807) is 0 Å². The zero-order valence-electron chi connectivity index (χ0n) is 11.6. The van der Waals surface area contributed by atoms with Gasteiger partial charge in [-0.25, -0.2) is 18.2 Å². The number of aromatic nitrogens is 1. The number of rotatable bonds is 2. The highest BCUT2D eigenvalue weighted by Gasteiger charge is 2.49. The summed E-state index contributed by atoms with van der Waals surface area (Å²) >= 11 is 0. The van der Waals surface area contributed by atoms with Crippen molar-refractivity contribution in [3.63, 3.8) is 0 Å². The standard InChI is InChI=1S/C14H15F3N2O2/c1-14(2,12(16)17)13(20)19-6-8-4-10(19)9-3-7(15)5-18-11(9)21-8/h3,5,8,10,12H,4,6H2,1-2H3/t8-,10-/m0/s1. The fourth-order valence-corrected chi connectivity index (χ4v) is 2.80. The monoisotopic (exact) mass is 300 g/mol. The summed E-state index contributed by atoms with van der Waals surface area (Å²) in [5, 5.41) is 0. The first kappa shape index (κ1) is 14.2. The number of likely N-dealkylation sites (tertiary alicyclic amines) is 1. The minimum Gasteiger partial charge on any atom is -0.472 e. The van der Waals surface area contributed by atoms with Gasteiger partial charge in [-0.2, -0.15) is 0 Å². The predicted octanol–water partition coefficient (Wildman–Crippen LogP) is 2.55. The first-order valence-corrected chi connectivity index (χ1v) is 6.72. The van der Waals surface area contributed by atoms with Crippen molar-refractivity contribution in [1.29, 1.82) is 0 Å². The van der Waals surface area contributed by atoms with Crippen molar-refractivity contribution in [2.75, 3.05) is 6.54 Å². The van der Waals surface area contributed by atoms with Gasteiger partial charge in [0.15, 0.2) is 0 Å². The van der Waals surface area contributed by atoms with Crippen LogP contribution in [0.4, 0.5) is 13.2 Å². The number of halogens is 3. The molecule has 3 rings (SSSR count). The van der Waals surface area contributed by atoms with Crippen LogP contribution in [0.15, 0.2) is 12.3 Å². The van der Waals surface area contributed by atoms with E-state index in [-0.39, 0.29) is 18.5 Å². The summed E-state index contributed by atoms with van der Waals surface area (Å²) < 4.78 is 45.1. The Balaban J connectivity index is 1.95. The highest BCUT2D eigenvalue weighted by molar-refractivity contribution is 5.83. The van der Waals surface area contributed by atoms with Crippen LogP contribution in [0.5, 0.6) is 5.88 Å². The Morgan fingerprint density at radius 1 is 1.52 bits per heavy atom. The minimum atomic E-state index is -2.77. The second-order valence-corrected chi connectivity index (χ2v) is 6.02. The van der Waals surface area contributed by atoms with Crippen molar-refractivity contribution in [2.45, 2.75) is 38.8 Å². The van der Waals surface area contributed by atoms with E-state index in [1.807, 2.05) is 0 Å². The molecule has 0 saturated carbocycles. The van der Waals surface area contributed by atoms with Crippen molar-refractivity contribution in [3.8, 4) is 5.88 Å². The molecule has 114 valence electrons. The molecular weight excluding hydrogens is 285 g/mol. The number of fused-ring (bicyclic) bond motifs is 4. The number of nitrogens with zero attached hydrogens (tertiary/aromatic N) is 2. The molecule has 2 atom stereocenters. The van der Waals surface area contributed by atoms with Crippen molar-refractivity contribution < 1.29 is 22.7 Å². The van der Waals surface area contributed by atoms with E-state index in [0.29, 0.717) is 12.0 Å². The van der Waals surface area contributed by atoms with E-state index in [1.165, 1.54) is 24.8 Å². The van der Waals surface area contributed by atoms with E-state index in [4.69, 9.17) is 4.74 Å². The molecule has 21 heavy (non-hydrogen) atoms. The maximum Gasteiger partial charge on any atom is 0.252 e. The van der Waals surface area contributed by atoms with Gasteiger partial charge >= 0.3 is 0 Å². The molecule has 3 heterocycles. The summed E-state index contributed by atoms with van der Waals surface area (Å²) in [7, 11) is 0. The van der Waals surface area contributed by atoms with Crippen LogP contribution in [-0.2, 0) is 4.79 Å². The summed E-state index contributed by atoms with van der Waals surface area (Å²) in [5.41, 5.74) is -1.33. The van der Waals surface area contributed by atoms with Crippen LogP contribution in [0.3, 0.4) is 0 Å². The quantitative estimate of drug-likeness (QED) is 0.843. The van der Waals surface area contributed by atoms with E-state index >= 15 is 0 Å². The van der Waals surface area contributed by atoms with Crippen LogP contribution in [0.1, 0.15) is 31.9 Å². The maximum atomic E-state index is 13.4. The van der Waals surface area contributed by atoms with Gasteiger partial charge in [0.05, 0.1) is 18.8 Å². The van der Waals surface area contributed by atoms with Gasteiger partial charge in [-0.15, -0.1) is 0 Å². The van der Waals surface area contributed by atoms with Gasteiger partial charge in [-0.1, -0.05) is 0 Å². The number of carbonyl (C=O) groups is 1. The normalized spacial score (nSPS) is 24.0. The molecule has 2 bridgehead atoms. The highest BCUT2D eigenvalue weighted by Crippen LogP contribution is 2.44. The molecule has 2 aliphatic heterocycles. The first-order valence-electron chi connectivity index (χ1n) is 6.72. The minimum absolute atomic E-state index is 0.220. The molecule has 1 aromatic heterocycles. The molecule has 0 radical (unpaired) electrons. The van der Waals surface area contributed by atoms with Crippen LogP contribution >= 0.6 is 0 Å².